The summed E-state index contributed by atoms with van der Waals surface area (Å²) in [5, 5.41) is 8.43. The summed E-state index contributed by atoms with van der Waals surface area (Å²) in [4.78, 5) is 12.5. The molecule has 1 heterocycles. The van der Waals surface area contributed by atoms with E-state index in [-0.39, 0.29) is 18.6 Å². The molecule has 2 aromatic rings. The van der Waals surface area contributed by atoms with E-state index in [1.807, 2.05) is 0 Å². The van der Waals surface area contributed by atoms with Gasteiger partial charge in [0.1, 0.15) is 11.7 Å². The lowest BCUT2D eigenvalue weighted by atomic mass is 9.95. The third-order valence-corrected chi connectivity index (χ3v) is 4.00. The fraction of sp³-hybridized carbons (Fsp3) is 0.389. The first-order valence-corrected chi connectivity index (χ1v) is 8.97. The van der Waals surface area contributed by atoms with E-state index in [9.17, 15) is 4.79 Å². The molecule has 0 bridgehead atoms. The van der Waals surface area contributed by atoms with Crippen LogP contribution >= 0.6 is 23.2 Å². The van der Waals surface area contributed by atoms with Gasteiger partial charge in [0.25, 0.3) is 0 Å². The number of esters is 1. The second-order valence-electron chi connectivity index (χ2n) is 5.32. The van der Waals surface area contributed by atoms with Gasteiger partial charge in [0, 0.05) is 7.11 Å². The van der Waals surface area contributed by atoms with E-state index >= 15 is 0 Å². The average molecular weight is 415 g/mol. The second kappa shape index (κ2) is 11.0. The van der Waals surface area contributed by atoms with E-state index in [1.165, 1.54) is 0 Å². The number of hydrogen-bond acceptors (Lipinski definition) is 7. The monoisotopic (exact) mass is 414 g/mol. The molecule has 0 N–H and O–H groups in total. The molecule has 1 unspecified atom stereocenters. The minimum absolute atomic E-state index is 0.00262. The summed E-state index contributed by atoms with van der Waals surface area (Å²) < 4.78 is 20.9. The minimum Gasteiger partial charge on any atom is -0.466 e. The fourth-order valence-corrected chi connectivity index (χ4v) is 2.52. The standard InChI is InChI=1S/C18H20Cl2N2O5/c1-3-26-18(23)17(14-6-7-16(20)22-21-14)12-4-5-13(19)15(10-12)27-11-25-9-8-24-2/h4-7,10,17H,3,8-9,11H2,1-2H3. The van der Waals surface area contributed by atoms with Crippen molar-refractivity contribution in [3.05, 3.63) is 51.8 Å². The number of benzene rings is 1. The Hall–Kier alpha value is -1.93. The van der Waals surface area contributed by atoms with E-state index in [0.29, 0.717) is 35.2 Å². The summed E-state index contributed by atoms with van der Waals surface area (Å²) in [5.41, 5.74) is 1.00. The summed E-state index contributed by atoms with van der Waals surface area (Å²) in [6, 6.07) is 8.18. The first-order chi connectivity index (χ1) is 13.1. The molecule has 1 aromatic heterocycles. The van der Waals surface area contributed by atoms with Crippen LogP contribution in [0.1, 0.15) is 24.1 Å². The number of aromatic nitrogens is 2. The molecule has 0 aliphatic carbocycles. The number of ether oxygens (including phenoxy) is 4. The number of carbonyl (C=O) groups excluding carboxylic acids is 1. The molecule has 7 nitrogen and oxygen atoms in total. The lowest BCUT2D eigenvalue weighted by Gasteiger charge is -2.17. The Balaban J connectivity index is 2.25. The van der Waals surface area contributed by atoms with Gasteiger partial charge in [-0.15, -0.1) is 5.10 Å². The van der Waals surface area contributed by atoms with Crippen molar-refractivity contribution < 1.29 is 23.7 Å². The Kier molecular flexibility index (Phi) is 8.74. The highest BCUT2D eigenvalue weighted by molar-refractivity contribution is 6.32. The SMILES string of the molecule is CCOC(=O)C(c1ccc(Cl)c(OCOCCOC)c1)c1ccc(Cl)nn1. The highest BCUT2D eigenvalue weighted by Crippen LogP contribution is 2.32. The van der Waals surface area contributed by atoms with E-state index in [1.54, 1.807) is 44.4 Å². The van der Waals surface area contributed by atoms with E-state index in [0.717, 1.165) is 0 Å². The molecule has 0 aliphatic rings. The first kappa shape index (κ1) is 21.4. The highest BCUT2D eigenvalue weighted by atomic mass is 35.5. The molecule has 146 valence electrons. The molecule has 0 aliphatic heterocycles. The Morgan fingerprint density at radius 3 is 2.63 bits per heavy atom. The summed E-state index contributed by atoms with van der Waals surface area (Å²) in [5.74, 6) is -0.870. The van der Waals surface area contributed by atoms with Crippen LogP contribution in [0.4, 0.5) is 0 Å². The van der Waals surface area contributed by atoms with Crippen LogP contribution in [-0.2, 0) is 19.0 Å². The second-order valence-corrected chi connectivity index (χ2v) is 6.11. The van der Waals surface area contributed by atoms with Gasteiger partial charge >= 0.3 is 5.97 Å². The van der Waals surface area contributed by atoms with Crippen molar-refractivity contribution in [3.8, 4) is 5.75 Å². The summed E-state index contributed by atoms with van der Waals surface area (Å²) in [6.45, 7) is 2.81. The molecular weight excluding hydrogens is 395 g/mol. The summed E-state index contributed by atoms with van der Waals surface area (Å²) in [7, 11) is 1.58. The van der Waals surface area contributed by atoms with Crippen LogP contribution in [0.25, 0.3) is 0 Å². The molecule has 0 amide bonds. The van der Waals surface area contributed by atoms with Gasteiger partial charge in [-0.2, -0.15) is 5.10 Å². The maximum Gasteiger partial charge on any atom is 0.319 e. The molecule has 27 heavy (non-hydrogen) atoms. The topological polar surface area (TPSA) is 79.8 Å². The van der Waals surface area contributed by atoms with Crippen LogP contribution in [0.3, 0.4) is 0 Å². The molecule has 1 aromatic carbocycles. The van der Waals surface area contributed by atoms with E-state index in [4.69, 9.17) is 42.1 Å². The quantitative estimate of drug-likeness (QED) is 0.334. The van der Waals surface area contributed by atoms with Crippen molar-refractivity contribution in [2.75, 3.05) is 33.7 Å². The van der Waals surface area contributed by atoms with Crippen LogP contribution in [0.2, 0.25) is 10.2 Å². The molecule has 0 radical (unpaired) electrons. The number of carbonyl (C=O) groups is 1. The third-order valence-electron chi connectivity index (χ3n) is 3.49. The molecule has 2 rings (SSSR count). The van der Waals surface area contributed by atoms with Gasteiger partial charge in [0.15, 0.2) is 11.9 Å². The molecule has 0 fully saturated rings. The molecule has 9 heteroatoms. The van der Waals surface area contributed by atoms with Crippen LogP contribution < -0.4 is 4.74 Å². The van der Waals surface area contributed by atoms with Crippen molar-refractivity contribution in [3.63, 3.8) is 0 Å². The van der Waals surface area contributed by atoms with Crippen molar-refractivity contribution in [2.45, 2.75) is 12.8 Å². The Labute approximate surface area is 167 Å². The van der Waals surface area contributed by atoms with Crippen LogP contribution in [0.15, 0.2) is 30.3 Å². The zero-order valence-electron chi connectivity index (χ0n) is 15.0. The van der Waals surface area contributed by atoms with E-state index in [2.05, 4.69) is 10.2 Å². The van der Waals surface area contributed by atoms with Crippen molar-refractivity contribution >= 4 is 29.2 Å². The zero-order chi connectivity index (χ0) is 19.6. The fourth-order valence-electron chi connectivity index (χ4n) is 2.25. The Morgan fingerprint density at radius 2 is 1.96 bits per heavy atom. The average Bonchev–Trinajstić information content (AvgIpc) is 2.66. The van der Waals surface area contributed by atoms with Crippen molar-refractivity contribution in [1.82, 2.24) is 10.2 Å². The minimum atomic E-state index is -0.788. The summed E-state index contributed by atoms with van der Waals surface area (Å²) >= 11 is 12.0. The van der Waals surface area contributed by atoms with Crippen molar-refractivity contribution in [1.29, 1.82) is 0 Å². The van der Waals surface area contributed by atoms with Gasteiger partial charge in [-0.1, -0.05) is 29.3 Å². The zero-order valence-corrected chi connectivity index (χ0v) is 16.5. The molecular formula is C18H20Cl2N2O5. The van der Waals surface area contributed by atoms with Crippen LogP contribution in [-0.4, -0.2) is 49.9 Å². The number of halogens is 2. The van der Waals surface area contributed by atoms with Gasteiger partial charge in [-0.25, -0.2) is 0 Å². The molecule has 0 saturated heterocycles. The lowest BCUT2D eigenvalue weighted by Crippen LogP contribution is -2.19. The van der Waals surface area contributed by atoms with Crippen LogP contribution in [0.5, 0.6) is 5.75 Å². The number of methoxy groups -OCH3 is 1. The first-order valence-electron chi connectivity index (χ1n) is 8.21. The van der Waals surface area contributed by atoms with Gasteiger partial charge < -0.3 is 18.9 Å². The Bertz CT molecular complexity index is 743. The number of hydrogen-bond donors (Lipinski definition) is 0. The highest BCUT2D eigenvalue weighted by Gasteiger charge is 2.27. The molecule has 0 saturated carbocycles. The predicted molar refractivity (Wildman–Crippen MR) is 100 cm³/mol. The van der Waals surface area contributed by atoms with Gasteiger partial charge in [0.2, 0.25) is 0 Å². The smallest absolute Gasteiger partial charge is 0.319 e. The summed E-state index contributed by atoms with van der Waals surface area (Å²) in [6.07, 6.45) is 0. The third kappa shape index (κ3) is 6.32. The Morgan fingerprint density at radius 1 is 1.15 bits per heavy atom. The largest absolute Gasteiger partial charge is 0.466 e. The van der Waals surface area contributed by atoms with Gasteiger partial charge in [-0.3, -0.25) is 4.79 Å². The van der Waals surface area contributed by atoms with Crippen molar-refractivity contribution in [2.24, 2.45) is 0 Å². The maximum atomic E-state index is 12.5. The predicted octanol–water partition coefficient (Wildman–Crippen LogP) is 3.48. The number of rotatable bonds is 10. The lowest BCUT2D eigenvalue weighted by molar-refractivity contribution is -0.143. The maximum absolute atomic E-state index is 12.5. The molecule has 0 spiro atoms. The van der Waals surface area contributed by atoms with E-state index < -0.39 is 11.9 Å². The number of nitrogens with zero attached hydrogens (tertiary/aromatic N) is 2. The van der Waals surface area contributed by atoms with Gasteiger partial charge in [-0.05, 0) is 36.8 Å². The molecule has 1 atom stereocenters. The van der Waals surface area contributed by atoms with Gasteiger partial charge in [0.05, 0.1) is 30.5 Å². The van der Waals surface area contributed by atoms with Crippen LogP contribution in [0, 0.1) is 0 Å². The normalized spacial score (nSPS) is 11.9.